The highest BCUT2D eigenvalue weighted by Gasteiger charge is 2.21. The van der Waals surface area contributed by atoms with Gasteiger partial charge in [-0.25, -0.2) is 19.8 Å². The summed E-state index contributed by atoms with van der Waals surface area (Å²) >= 11 is 0. The lowest BCUT2D eigenvalue weighted by molar-refractivity contribution is -0.384. The van der Waals surface area contributed by atoms with Crippen LogP contribution < -0.4 is 21.7 Å². The van der Waals surface area contributed by atoms with Crippen molar-refractivity contribution in [3.63, 3.8) is 0 Å². The molecule has 0 bridgehead atoms. The number of benzene rings is 5. The minimum Gasteiger partial charge on any atom is -0.462 e. The molecule has 10 aromatic rings. The van der Waals surface area contributed by atoms with Crippen molar-refractivity contribution in [3.8, 4) is 35.5 Å². The van der Waals surface area contributed by atoms with Crippen molar-refractivity contribution in [2.75, 3.05) is 21.7 Å². The molecular weight excluding hydrogens is 1020 g/mol. The van der Waals surface area contributed by atoms with E-state index in [0.29, 0.717) is 69.3 Å². The number of nitriles is 3. The number of para-hydroxylation sites is 1. The van der Waals surface area contributed by atoms with Gasteiger partial charge in [-0.15, -0.1) is 0 Å². The summed E-state index contributed by atoms with van der Waals surface area (Å²) in [4.78, 5) is 45.4. The highest BCUT2D eigenvalue weighted by molar-refractivity contribution is 5.81. The van der Waals surface area contributed by atoms with Gasteiger partial charge in [0.1, 0.15) is 5.52 Å². The molecule has 0 spiro atoms. The molecule has 0 saturated heterocycles. The van der Waals surface area contributed by atoms with Crippen LogP contribution in [0.3, 0.4) is 0 Å². The van der Waals surface area contributed by atoms with E-state index in [0.717, 1.165) is 56.1 Å². The molecule has 0 saturated carbocycles. The number of carbonyl (C=O) groups is 1. The summed E-state index contributed by atoms with van der Waals surface area (Å²) in [5.41, 5.74) is 18.3. The monoisotopic (exact) mass is 1070 g/mol. The Hall–Kier alpha value is -12.0. The number of aromatic nitrogens is 6. The van der Waals surface area contributed by atoms with Gasteiger partial charge >= 0.3 is 0 Å². The Morgan fingerprint density at radius 2 is 1.27 bits per heavy atom. The number of nitrogen functional groups attached to an aromatic ring is 1. The van der Waals surface area contributed by atoms with E-state index < -0.39 is 4.92 Å². The Morgan fingerprint density at radius 1 is 0.704 bits per heavy atom. The number of aldehydes is 1. The molecule has 5 N–H and O–H groups in total. The Kier molecular flexibility index (Phi) is 20.3. The quantitative estimate of drug-likeness (QED) is 0.0291. The van der Waals surface area contributed by atoms with Crippen molar-refractivity contribution >= 4 is 75.8 Å². The highest BCUT2D eigenvalue weighted by atomic mass is 16.6. The maximum absolute atomic E-state index is 10.0. The van der Waals surface area contributed by atoms with Crippen LogP contribution in [0.1, 0.15) is 62.5 Å². The van der Waals surface area contributed by atoms with Crippen LogP contribution >= 0.6 is 0 Å². The predicted octanol–water partition coefficient (Wildman–Crippen LogP) is 14.1. The van der Waals surface area contributed by atoms with Crippen LogP contribution in [-0.2, 0) is 0 Å². The lowest BCUT2D eigenvalue weighted by Gasteiger charge is -2.15. The SMILES string of the molecule is C.Cc1cc(/C=C/C#N)cc(C)c1Nc1nc(Nc2ccc(C#N)cc2)ncc1N.O=Cc1ccco1.O=[N+]([O-])c1ccccc1.[C-]#[N+]/C=C/c1cc(C)c(-n2c(-c3ccco3)nc3cnc(Nc4ccc(C#N)cc4)nc32)c(C)c1. The zero-order chi connectivity index (χ0) is 57.0. The number of carbonyl (C=O) groups excluding carboxylic acids is 1. The Morgan fingerprint density at radius 3 is 1.78 bits per heavy atom. The van der Waals surface area contributed by atoms with Crippen LogP contribution in [0, 0.1) is 78.4 Å². The number of nitrogens with zero attached hydrogens (tertiary/aromatic N) is 11. The number of hydrogen-bond donors (Lipinski definition) is 4. The van der Waals surface area contributed by atoms with Crippen LogP contribution in [0.2, 0.25) is 0 Å². The molecule has 400 valence electrons. The molecule has 0 radical (unpaired) electrons. The maximum Gasteiger partial charge on any atom is 0.269 e. The number of nitrogens with two attached hydrogens (primary N) is 1. The first-order chi connectivity index (χ1) is 38.8. The maximum atomic E-state index is 10.0. The summed E-state index contributed by atoms with van der Waals surface area (Å²) in [6, 6.07) is 43.2. The predicted molar refractivity (Wildman–Crippen MR) is 313 cm³/mol. The van der Waals surface area contributed by atoms with Crippen LogP contribution in [0.5, 0.6) is 0 Å². The van der Waals surface area contributed by atoms with E-state index >= 15 is 0 Å². The second-order valence-electron chi connectivity index (χ2n) is 17.1. The van der Waals surface area contributed by atoms with Gasteiger partial charge in [0.05, 0.1) is 77.1 Å². The molecular formula is C61H51N15O5. The summed E-state index contributed by atoms with van der Waals surface area (Å²) in [6.45, 7) is 15.0. The van der Waals surface area contributed by atoms with Gasteiger partial charge in [0.25, 0.3) is 5.69 Å². The lowest BCUT2D eigenvalue weighted by Crippen LogP contribution is -2.06. The normalized spacial score (nSPS) is 10.2. The van der Waals surface area contributed by atoms with Crippen molar-refractivity contribution in [1.82, 2.24) is 29.5 Å². The molecule has 0 fully saturated rings. The number of imidazole rings is 1. The van der Waals surface area contributed by atoms with Crippen molar-refractivity contribution in [3.05, 3.63) is 236 Å². The average Bonchev–Trinajstić information content (AvgIpc) is 4.43. The molecule has 5 heterocycles. The second-order valence-corrected chi connectivity index (χ2v) is 17.1. The summed E-state index contributed by atoms with van der Waals surface area (Å²) < 4.78 is 12.3. The molecule has 81 heavy (non-hydrogen) atoms. The highest BCUT2D eigenvalue weighted by Crippen LogP contribution is 2.33. The third kappa shape index (κ3) is 15.6. The number of nitro groups is 1. The fourth-order valence-corrected chi connectivity index (χ4v) is 7.80. The third-order valence-electron chi connectivity index (χ3n) is 11.4. The Labute approximate surface area is 466 Å². The standard InChI is InChI=1S/C27H19N7O.C22H19N7.C6H5NO2.C5H4O2.CH4/c1-17-13-20(10-11-29-3)14-18(2)24(17)34-25-22(32-26(34)23-5-4-12-35-23)16-30-27(33-25)31-21-8-6-19(15-28)7-9-21;1-14-10-17(4-3-9-23)11-15(2)20(14)28-21-19(25)13-26-22(29-21)27-18-7-5-16(12-24)6-8-18;8-7(9)6-4-2-1-3-5-6;6-4-5-2-1-3-7-5;/h4-14,16H,1-2H3,(H,30,31,33);3-8,10-11,13H,25H2,1-2H3,(H2,26,27,28,29);1-5H;1-4H;1H4/b11-10+;4-3+;;;. The fraction of sp³-hybridized carbons (Fsp3) is 0.0820. The van der Waals surface area contributed by atoms with Gasteiger partial charge in [-0.2, -0.15) is 25.8 Å². The van der Waals surface area contributed by atoms with Crippen LogP contribution in [0.4, 0.5) is 46.2 Å². The number of fused-ring (bicyclic) bond motifs is 1. The molecule has 0 aliphatic carbocycles. The number of furan rings is 2. The number of nitro benzene ring substituents is 1. The number of non-ortho nitro benzene ring substituents is 1. The minimum atomic E-state index is -0.417. The third-order valence-corrected chi connectivity index (χ3v) is 11.4. The second kappa shape index (κ2) is 28.2. The average molecular weight is 1070 g/mol. The molecule has 20 nitrogen and oxygen atoms in total. The first kappa shape index (κ1) is 58.3. The smallest absolute Gasteiger partial charge is 0.269 e. The van der Waals surface area contributed by atoms with E-state index in [-0.39, 0.29) is 13.1 Å². The van der Waals surface area contributed by atoms with Gasteiger partial charge in [0.15, 0.2) is 41.3 Å². The lowest BCUT2D eigenvalue weighted by atomic mass is 10.0. The van der Waals surface area contributed by atoms with E-state index in [4.69, 9.17) is 42.5 Å². The zero-order valence-electron chi connectivity index (χ0n) is 43.4. The fourth-order valence-electron chi connectivity index (χ4n) is 7.80. The van der Waals surface area contributed by atoms with E-state index in [1.807, 2.05) is 74.7 Å². The van der Waals surface area contributed by atoms with E-state index in [9.17, 15) is 14.9 Å². The van der Waals surface area contributed by atoms with Crippen LogP contribution in [0.25, 0.3) is 45.4 Å². The van der Waals surface area contributed by atoms with E-state index in [1.54, 1.807) is 103 Å². The summed E-state index contributed by atoms with van der Waals surface area (Å²) in [6.07, 6.45) is 13.4. The minimum absolute atomic E-state index is 0. The topological polar surface area (TPSA) is 294 Å². The summed E-state index contributed by atoms with van der Waals surface area (Å²) in [5, 5.41) is 46.2. The van der Waals surface area contributed by atoms with E-state index in [1.165, 1.54) is 36.9 Å². The van der Waals surface area contributed by atoms with Crippen molar-refractivity contribution in [2.45, 2.75) is 35.1 Å². The molecule has 0 amide bonds. The van der Waals surface area contributed by atoms with Crippen LogP contribution in [-0.4, -0.2) is 40.7 Å². The molecule has 20 heteroatoms. The first-order valence-corrected chi connectivity index (χ1v) is 24.0. The number of allylic oxidation sites excluding steroid dienone is 1. The molecule has 0 atom stereocenters. The van der Waals surface area contributed by atoms with Crippen molar-refractivity contribution in [1.29, 1.82) is 15.8 Å². The molecule has 0 unspecified atom stereocenters. The van der Waals surface area contributed by atoms with Gasteiger partial charge in [0.2, 0.25) is 11.9 Å². The number of rotatable bonds is 12. The number of aryl methyl sites for hydroxylation is 4. The van der Waals surface area contributed by atoms with Gasteiger partial charge in [-0.3, -0.25) is 19.5 Å². The number of hydrogen-bond acceptors (Lipinski definition) is 17. The Bertz CT molecular complexity index is 3970. The van der Waals surface area contributed by atoms with Crippen molar-refractivity contribution in [2.24, 2.45) is 0 Å². The molecule has 10 rings (SSSR count). The molecule has 5 aromatic carbocycles. The summed E-state index contributed by atoms with van der Waals surface area (Å²) in [7, 11) is 0. The van der Waals surface area contributed by atoms with Gasteiger partial charge in [-0.05, 0) is 152 Å². The molecule has 5 aromatic heterocycles. The van der Waals surface area contributed by atoms with Crippen molar-refractivity contribution < 1.29 is 18.6 Å². The molecule has 0 aliphatic rings. The number of nitrogens with one attached hydrogen (secondary N) is 3. The Balaban J connectivity index is 0.000000204. The zero-order valence-corrected chi connectivity index (χ0v) is 43.4. The van der Waals surface area contributed by atoms with Crippen LogP contribution in [0.15, 0.2) is 173 Å². The molecule has 0 aliphatic heterocycles. The van der Waals surface area contributed by atoms with E-state index in [2.05, 4.69) is 52.3 Å². The summed E-state index contributed by atoms with van der Waals surface area (Å²) in [5.74, 6) is 2.88. The largest absolute Gasteiger partial charge is 0.462 e. The van der Waals surface area contributed by atoms with Gasteiger partial charge in [0, 0.05) is 35.3 Å². The van der Waals surface area contributed by atoms with Gasteiger partial charge in [-0.1, -0.05) is 43.8 Å². The first-order valence-electron chi connectivity index (χ1n) is 24.0. The number of anilines is 7. The van der Waals surface area contributed by atoms with Gasteiger partial charge < -0.3 is 30.5 Å².